The molecule has 4 rings (SSSR count). The third kappa shape index (κ3) is 4.01. The van der Waals surface area contributed by atoms with E-state index in [1.54, 1.807) is 6.07 Å². The van der Waals surface area contributed by atoms with Gasteiger partial charge in [0.15, 0.2) is 11.6 Å². The Labute approximate surface area is 157 Å². The first kappa shape index (κ1) is 18.1. The van der Waals surface area contributed by atoms with Gasteiger partial charge >= 0.3 is 0 Å². The molecule has 6 heteroatoms. The number of rotatable bonds is 4. The molecule has 2 saturated heterocycles. The van der Waals surface area contributed by atoms with Crippen LogP contribution in [0.15, 0.2) is 48.5 Å². The fourth-order valence-corrected chi connectivity index (χ4v) is 3.93. The molecule has 2 aromatic rings. The first-order valence-corrected chi connectivity index (χ1v) is 9.21. The summed E-state index contributed by atoms with van der Waals surface area (Å²) in [5.41, 5.74) is 1.80. The van der Waals surface area contributed by atoms with Crippen LogP contribution in [0.25, 0.3) is 0 Å². The quantitative estimate of drug-likeness (QED) is 0.827. The second-order valence-electron chi connectivity index (χ2n) is 7.18. The molecule has 0 saturated carbocycles. The molecule has 1 amide bonds. The first-order chi connectivity index (χ1) is 13.1. The first-order valence-electron chi connectivity index (χ1n) is 9.21. The van der Waals surface area contributed by atoms with E-state index in [0.717, 1.165) is 11.6 Å². The van der Waals surface area contributed by atoms with Gasteiger partial charge in [-0.05, 0) is 23.3 Å². The van der Waals surface area contributed by atoms with Crippen LogP contribution >= 0.6 is 0 Å². The van der Waals surface area contributed by atoms with Crippen molar-refractivity contribution in [1.82, 2.24) is 9.80 Å². The number of likely N-dealkylation sites (tertiary alicyclic amines) is 1. The summed E-state index contributed by atoms with van der Waals surface area (Å²) >= 11 is 0. The van der Waals surface area contributed by atoms with Crippen molar-refractivity contribution in [2.45, 2.75) is 31.7 Å². The van der Waals surface area contributed by atoms with E-state index in [-0.39, 0.29) is 18.1 Å². The van der Waals surface area contributed by atoms with Crippen LogP contribution in [0.1, 0.15) is 17.5 Å². The molecule has 142 valence electrons. The fraction of sp³-hybridized carbons (Fsp3) is 0.381. The normalized spacial score (nSPS) is 23.3. The van der Waals surface area contributed by atoms with Crippen LogP contribution < -0.4 is 0 Å². The van der Waals surface area contributed by atoms with E-state index in [2.05, 4.69) is 4.90 Å². The molecule has 0 unspecified atom stereocenters. The molecule has 4 nitrogen and oxygen atoms in total. The summed E-state index contributed by atoms with van der Waals surface area (Å²) in [7, 11) is 0. The van der Waals surface area contributed by atoms with Gasteiger partial charge in [0.25, 0.3) is 0 Å². The maximum atomic E-state index is 13.5. The van der Waals surface area contributed by atoms with E-state index in [4.69, 9.17) is 4.74 Å². The lowest BCUT2D eigenvalue weighted by atomic mass is 10.1. The van der Waals surface area contributed by atoms with Gasteiger partial charge in [0.1, 0.15) is 0 Å². The fourth-order valence-electron chi connectivity index (χ4n) is 3.93. The SMILES string of the molecule is O=C1CCO[C@H]2CN(Cc3ccc(F)c(F)c3)C[C@@H]2N1Cc1ccccc1. The van der Waals surface area contributed by atoms with Crippen LogP contribution in [-0.4, -0.2) is 47.5 Å². The molecule has 0 spiro atoms. The molecular weight excluding hydrogens is 350 g/mol. The number of carbonyl (C=O) groups is 1. The number of benzene rings is 2. The maximum absolute atomic E-state index is 13.5. The minimum atomic E-state index is -0.840. The second-order valence-corrected chi connectivity index (χ2v) is 7.18. The van der Waals surface area contributed by atoms with Crippen LogP contribution in [0.2, 0.25) is 0 Å². The largest absolute Gasteiger partial charge is 0.374 e. The number of amides is 1. The molecule has 0 aromatic heterocycles. The van der Waals surface area contributed by atoms with E-state index in [1.165, 1.54) is 6.07 Å². The summed E-state index contributed by atoms with van der Waals surface area (Å²) in [4.78, 5) is 16.7. The third-order valence-electron chi connectivity index (χ3n) is 5.27. The molecule has 2 atom stereocenters. The molecule has 0 bridgehead atoms. The predicted molar refractivity (Wildman–Crippen MR) is 96.8 cm³/mol. The van der Waals surface area contributed by atoms with Crippen molar-refractivity contribution in [3.05, 3.63) is 71.3 Å². The highest BCUT2D eigenvalue weighted by molar-refractivity contribution is 5.77. The van der Waals surface area contributed by atoms with E-state index >= 15 is 0 Å². The van der Waals surface area contributed by atoms with Gasteiger partial charge in [0.2, 0.25) is 5.91 Å². The summed E-state index contributed by atoms with van der Waals surface area (Å²) in [5.74, 6) is -1.58. The standard InChI is InChI=1S/C21H22F2N2O2/c22-17-7-6-16(10-18(17)23)11-24-13-19-20(14-24)27-9-8-21(26)25(19)12-15-4-2-1-3-5-15/h1-7,10,19-20H,8-9,11-14H2/t19-,20-/m0/s1. The predicted octanol–water partition coefficient (Wildman–Crippen LogP) is 2.97. The number of halogens is 2. The lowest BCUT2D eigenvalue weighted by Crippen LogP contribution is -2.45. The van der Waals surface area contributed by atoms with Crippen molar-refractivity contribution in [3.8, 4) is 0 Å². The molecule has 2 aromatic carbocycles. The van der Waals surface area contributed by atoms with Crippen molar-refractivity contribution in [3.63, 3.8) is 0 Å². The van der Waals surface area contributed by atoms with Gasteiger partial charge < -0.3 is 9.64 Å². The Balaban J connectivity index is 1.49. The maximum Gasteiger partial charge on any atom is 0.225 e. The van der Waals surface area contributed by atoms with Gasteiger partial charge in [-0.25, -0.2) is 8.78 Å². The van der Waals surface area contributed by atoms with Crippen molar-refractivity contribution in [2.24, 2.45) is 0 Å². The highest BCUT2D eigenvalue weighted by Gasteiger charge is 2.41. The highest BCUT2D eigenvalue weighted by Crippen LogP contribution is 2.26. The summed E-state index contributed by atoms with van der Waals surface area (Å²) in [6, 6.07) is 13.9. The van der Waals surface area contributed by atoms with Crippen LogP contribution in [-0.2, 0) is 22.6 Å². The van der Waals surface area contributed by atoms with Crippen molar-refractivity contribution >= 4 is 5.91 Å². The van der Waals surface area contributed by atoms with Gasteiger partial charge in [0, 0.05) is 26.2 Å². The summed E-state index contributed by atoms with van der Waals surface area (Å²) in [6.45, 7) is 2.80. The number of ether oxygens (including phenoxy) is 1. The summed E-state index contributed by atoms with van der Waals surface area (Å²) < 4.78 is 32.6. The van der Waals surface area contributed by atoms with Gasteiger partial charge in [-0.1, -0.05) is 36.4 Å². The number of hydrogen-bond donors (Lipinski definition) is 0. The molecule has 2 heterocycles. The minimum absolute atomic E-state index is 0.0366. The highest BCUT2D eigenvalue weighted by atomic mass is 19.2. The molecule has 2 fully saturated rings. The minimum Gasteiger partial charge on any atom is -0.374 e. The number of carbonyl (C=O) groups excluding carboxylic acids is 1. The van der Waals surface area contributed by atoms with E-state index in [0.29, 0.717) is 44.8 Å². The second kappa shape index (κ2) is 7.74. The number of fused-ring (bicyclic) bond motifs is 1. The molecule has 27 heavy (non-hydrogen) atoms. The van der Waals surface area contributed by atoms with Crippen molar-refractivity contribution < 1.29 is 18.3 Å². The van der Waals surface area contributed by atoms with Crippen LogP contribution in [0.4, 0.5) is 8.78 Å². The Kier molecular flexibility index (Phi) is 5.18. The van der Waals surface area contributed by atoms with E-state index in [9.17, 15) is 13.6 Å². The van der Waals surface area contributed by atoms with Crippen LogP contribution in [0.5, 0.6) is 0 Å². The zero-order valence-electron chi connectivity index (χ0n) is 15.0. The Bertz CT molecular complexity index is 815. The average Bonchev–Trinajstić information content (AvgIpc) is 2.99. The molecule has 0 radical (unpaired) electrons. The third-order valence-corrected chi connectivity index (χ3v) is 5.27. The monoisotopic (exact) mass is 372 g/mol. The topological polar surface area (TPSA) is 32.8 Å². The van der Waals surface area contributed by atoms with Gasteiger partial charge in [-0.2, -0.15) is 0 Å². The zero-order valence-corrected chi connectivity index (χ0v) is 15.0. The smallest absolute Gasteiger partial charge is 0.225 e. The Morgan fingerprint density at radius 1 is 0.963 bits per heavy atom. The summed E-state index contributed by atoms with van der Waals surface area (Å²) in [5, 5.41) is 0. The van der Waals surface area contributed by atoms with E-state index in [1.807, 2.05) is 35.2 Å². The van der Waals surface area contributed by atoms with Crippen molar-refractivity contribution in [2.75, 3.05) is 19.7 Å². The average molecular weight is 372 g/mol. The van der Waals surface area contributed by atoms with Crippen LogP contribution in [0, 0.1) is 11.6 Å². The van der Waals surface area contributed by atoms with Crippen molar-refractivity contribution in [1.29, 1.82) is 0 Å². The van der Waals surface area contributed by atoms with E-state index < -0.39 is 11.6 Å². The van der Waals surface area contributed by atoms with Gasteiger partial charge in [-0.3, -0.25) is 9.69 Å². The Morgan fingerprint density at radius 3 is 2.56 bits per heavy atom. The van der Waals surface area contributed by atoms with Gasteiger partial charge in [0.05, 0.1) is 25.2 Å². The summed E-state index contributed by atoms with van der Waals surface area (Å²) in [6.07, 6.45) is 0.327. The Morgan fingerprint density at radius 2 is 1.78 bits per heavy atom. The molecule has 0 aliphatic carbocycles. The number of hydrogen-bond acceptors (Lipinski definition) is 3. The Hall–Kier alpha value is -2.31. The lowest BCUT2D eigenvalue weighted by molar-refractivity contribution is -0.133. The zero-order chi connectivity index (χ0) is 18.8. The van der Waals surface area contributed by atoms with Crippen LogP contribution in [0.3, 0.4) is 0 Å². The number of nitrogens with zero attached hydrogens (tertiary/aromatic N) is 2. The van der Waals surface area contributed by atoms with Gasteiger partial charge in [-0.15, -0.1) is 0 Å². The lowest BCUT2D eigenvalue weighted by Gasteiger charge is -2.30. The molecular formula is C21H22F2N2O2. The molecule has 2 aliphatic rings. The molecule has 2 aliphatic heterocycles. The molecule has 0 N–H and O–H groups in total.